The molecule has 3 rings (SSSR count). The van der Waals surface area contributed by atoms with Crippen LogP contribution in [0.25, 0.3) is 21.9 Å². The average molecular weight is 291 g/mol. The molecule has 3 nitrogen and oxygen atoms in total. The van der Waals surface area contributed by atoms with E-state index in [1.54, 1.807) is 0 Å². The summed E-state index contributed by atoms with van der Waals surface area (Å²) in [5.41, 5.74) is 9.00. The van der Waals surface area contributed by atoms with E-state index in [0.717, 1.165) is 16.7 Å². The fourth-order valence-corrected chi connectivity index (χ4v) is 2.69. The van der Waals surface area contributed by atoms with Crippen LogP contribution in [0.3, 0.4) is 0 Å². The van der Waals surface area contributed by atoms with Crippen LogP contribution < -0.4 is 5.73 Å². The number of carbonyl (C=O) groups is 1. The molecule has 0 fully saturated rings. The van der Waals surface area contributed by atoms with Crippen molar-refractivity contribution in [2.45, 2.75) is 12.5 Å². The van der Waals surface area contributed by atoms with Gasteiger partial charge in [-0.3, -0.25) is 4.79 Å². The number of hydrogen-bond donors (Lipinski definition) is 2. The van der Waals surface area contributed by atoms with E-state index in [2.05, 4.69) is 24.3 Å². The molecule has 3 heteroatoms. The third-order valence-corrected chi connectivity index (χ3v) is 3.83. The van der Waals surface area contributed by atoms with Crippen LogP contribution in [0.4, 0.5) is 0 Å². The van der Waals surface area contributed by atoms with Crippen molar-refractivity contribution < 1.29 is 9.90 Å². The summed E-state index contributed by atoms with van der Waals surface area (Å²) in [5, 5.41) is 11.2. The van der Waals surface area contributed by atoms with Crippen molar-refractivity contribution in [3.05, 3.63) is 72.3 Å². The van der Waals surface area contributed by atoms with Gasteiger partial charge in [0.2, 0.25) is 0 Å². The molecule has 3 aromatic carbocycles. The SMILES string of the molecule is N[C@@H](CC(=O)O)c1ccc(-c2cccc3ccccc23)cc1. The normalized spacial score (nSPS) is 12.2. The first-order chi connectivity index (χ1) is 10.6. The van der Waals surface area contributed by atoms with Crippen LogP contribution in [0.5, 0.6) is 0 Å². The zero-order valence-electron chi connectivity index (χ0n) is 12.1. The lowest BCUT2D eigenvalue weighted by atomic mass is 9.96. The molecule has 0 spiro atoms. The van der Waals surface area contributed by atoms with E-state index in [0.29, 0.717) is 0 Å². The summed E-state index contributed by atoms with van der Waals surface area (Å²) in [5.74, 6) is -0.884. The van der Waals surface area contributed by atoms with E-state index < -0.39 is 12.0 Å². The summed E-state index contributed by atoms with van der Waals surface area (Å²) in [7, 11) is 0. The van der Waals surface area contributed by atoms with Gasteiger partial charge in [0.15, 0.2) is 0 Å². The van der Waals surface area contributed by atoms with E-state index in [-0.39, 0.29) is 6.42 Å². The summed E-state index contributed by atoms with van der Waals surface area (Å²) >= 11 is 0. The van der Waals surface area contributed by atoms with Crippen molar-refractivity contribution in [1.29, 1.82) is 0 Å². The lowest BCUT2D eigenvalue weighted by Gasteiger charge is -2.11. The highest BCUT2D eigenvalue weighted by molar-refractivity contribution is 5.96. The summed E-state index contributed by atoms with van der Waals surface area (Å²) in [6.45, 7) is 0. The molecule has 0 heterocycles. The highest BCUT2D eigenvalue weighted by Crippen LogP contribution is 2.29. The van der Waals surface area contributed by atoms with Crippen molar-refractivity contribution in [3.63, 3.8) is 0 Å². The molecule has 0 saturated carbocycles. The van der Waals surface area contributed by atoms with Crippen LogP contribution in [-0.4, -0.2) is 11.1 Å². The number of nitrogens with two attached hydrogens (primary N) is 1. The van der Waals surface area contributed by atoms with Crippen molar-refractivity contribution in [2.24, 2.45) is 5.73 Å². The summed E-state index contributed by atoms with van der Waals surface area (Å²) < 4.78 is 0. The molecule has 0 aliphatic rings. The van der Waals surface area contributed by atoms with Gasteiger partial charge in [-0.15, -0.1) is 0 Å². The lowest BCUT2D eigenvalue weighted by Crippen LogP contribution is -2.14. The van der Waals surface area contributed by atoms with Crippen molar-refractivity contribution in [2.75, 3.05) is 0 Å². The molecule has 3 aromatic rings. The van der Waals surface area contributed by atoms with E-state index >= 15 is 0 Å². The third-order valence-electron chi connectivity index (χ3n) is 3.83. The molecule has 0 aromatic heterocycles. The van der Waals surface area contributed by atoms with Gasteiger partial charge in [-0.05, 0) is 27.5 Å². The number of carboxylic acid groups (broad SMARTS) is 1. The van der Waals surface area contributed by atoms with Crippen molar-refractivity contribution in [3.8, 4) is 11.1 Å². The standard InChI is InChI=1S/C19H17NO2/c20-18(12-19(21)22)15-10-8-14(9-11-15)17-7-3-5-13-4-1-2-6-16(13)17/h1-11,18H,12,20H2,(H,21,22)/t18-/m0/s1. The summed E-state index contributed by atoms with van der Waals surface area (Å²) in [4.78, 5) is 10.7. The predicted molar refractivity (Wildman–Crippen MR) is 88.6 cm³/mol. The van der Waals surface area contributed by atoms with Crippen molar-refractivity contribution >= 4 is 16.7 Å². The van der Waals surface area contributed by atoms with E-state index in [9.17, 15) is 4.79 Å². The number of carboxylic acids is 1. The average Bonchev–Trinajstić information content (AvgIpc) is 2.54. The maximum absolute atomic E-state index is 10.7. The van der Waals surface area contributed by atoms with Crippen LogP contribution in [-0.2, 0) is 4.79 Å². The quantitative estimate of drug-likeness (QED) is 0.764. The van der Waals surface area contributed by atoms with Gasteiger partial charge in [0, 0.05) is 6.04 Å². The van der Waals surface area contributed by atoms with Crippen LogP contribution in [0.1, 0.15) is 18.0 Å². The Hall–Kier alpha value is -2.65. The fourth-order valence-electron chi connectivity index (χ4n) is 2.69. The largest absolute Gasteiger partial charge is 0.481 e. The highest BCUT2D eigenvalue weighted by atomic mass is 16.4. The summed E-state index contributed by atoms with van der Waals surface area (Å²) in [6.07, 6.45) is -0.0619. The topological polar surface area (TPSA) is 63.3 Å². The van der Waals surface area contributed by atoms with Crippen molar-refractivity contribution in [1.82, 2.24) is 0 Å². The molecular weight excluding hydrogens is 274 g/mol. The van der Waals surface area contributed by atoms with Crippen LogP contribution in [0, 0.1) is 0 Å². The molecule has 0 unspecified atom stereocenters. The Labute approximate surface area is 129 Å². The Morgan fingerprint density at radius 3 is 2.36 bits per heavy atom. The van der Waals surface area contributed by atoms with Crippen LogP contribution in [0.15, 0.2) is 66.7 Å². The van der Waals surface area contributed by atoms with Gasteiger partial charge in [-0.25, -0.2) is 0 Å². The molecule has 0 aliphatic carbocycles. The Morgan fingerprint density at radius 2 is 1.64 bits per heavy atom. The Kier molecular flexibility index (Phi) is 3.90. The lowest BCUT2D eigenvalue weighted by molar-refractivity contribution is -0.137. The molecule has 0 saturated heterocycles. The van der Waals surface area contributed by atoms with Gasteiger partial charge >= 0.3 is 5.97 Å². The van der Waals surface area contributed by atoms with Gasteiger partial charge in [-0.1, -0.05) is 66.7 Å². The van der Waals surface area contributed by atoms with Gasteiger partial charge < -0.3 is 10.8 Å². The molecule has 110 valence electrons. The molecule has 0 radical (unpaired) electrons. The van der Waals surface area contributed by atoms with Crippen LogP contribution in [0.2, 0.25) is 0 Å². The van der Waals surface area contributed by atoms with Crippen LogP contribution >= 0.6 is 0 Å². The molecule has 0 amide bonds. The van der Waals surface area contributed by atoms with E-state index in [1.807, 2.05) is 42.5 Å². The molecular formula is C19H17NO2. The second-order valence-corrected chi connectivity index (χ2v) is 5.35. The first-order valence-electron chi connectivity index (χ1n) is 7.20. The fraction of sp³-hybridized carbons (Fsp3) is 0.105. The smallest absolute Gasteiger partial charge is 0.305 e. The maximum atomic E-state index is 10.7. The Bertz CT molecular complexity index is 804. The van der Waals surface area contributed by atoms with Gasteiger partial charge in [0.1, 0.15) is 0 Å². The molecule has 1 atom stereocenters. The minimum Gasteiger partial charge on any atom is -0.481 e. The second-order valence-electron chi connectivity index (χ2n) is 5.35. The highest BCUT2D eigenvalue weighted by Gasteiger charge is 2.11. The minimum atomic E-state index is -0.884. The first-order valence-corrected chi connectivity index (χ1v) is 7.20. The number of hydrogen-bond acceptors (Lipinski definition) is 2. The molecule has 0 bridgehead atoms. The predicted octanol–water partition coefficient (Wildman–Crippen LogP) is 3.98. The third kappa shape index (κ3) is 2.85. The first kappa shape index (κ1) is 14.3. The zero-order valence-corrected chi connectivity index (χ0v) is 12.1. The number of rotatable bonds is 4. The molecule has 3 N–H and O–H groups in total. The Morgan fingerprint density at radius 1 is 0.955 bits per heavy atom. The molecule has 0 aliphatic heterocycles. The second kappa shape index (κ2) is 6.00. The maximum Gasteiger partial charge on any atom is 0.305 e. The minimum absolute atomic E-state index is 0.0619. The zero-order chi connectivity index (χ0) is 15.5. The monoisotopic (exact) mass is 291 g/mol. The number of benzene rings is 3. The number of aliphatic carboxylic acids is 1. The summed E-state index contributed by atoms with van der Waals surface area (Å²) in [6, 6.07) is 21.8. The Balaban J connectivity index is 1.97. The van der Waals surface area contributed by atoms with Gasteiger partial charge in [-0.2, -0.15) is 0 Å². The van der Waals surface area contributed by atoms with Gasteiger partial charge in [0.05, 0.1) is 6.42 Å². The van der Waals surface area contributed by atoms with E-state index in [1.165, 1.54) is 10.8 Å². The van der Waals surface area contributed by atoms with Gasteiger partial charge in [0.25, 0.3) is 0 Å². The number of fused-ring (bicyclic) bond motifs is 1. The van der Waals surface area contributed by atoms with E-state index in [4.69, 9.17) is 10.8 Å². The molecule has 22 heavy (non-hydrogen) atoms.